The quantitative estimate of drug-likeness (QED) is 0.850. The SMILES string of the molecule is CNCc1cccc(CS(=O)(=O)N2CCC(OC)C2)c1. The summed E-state index contributed by atoms with van der Waals surface area (Å²) in [7, 11) is 0.246. The van der Waals surface area contributed by atoms with Crippen LogP contribution in [-0.4, -0.2) is 46.1 Å². The fourth-order valence-corrected chi connectivity index (χ4v) is 4.04. The molecule has 0 aliphatic carbocycles. The van der Waals surface area contributed by atoms with E-state index >= 15 is 0 Å². The van der Waals surface area contributed by atoms with Crippen molar-refractivity contribution < 1.29 is 13.2 Å². The lowest BCUT2D eigenvalue weighted by Crippen LogP contribution is -2.31. The molecule has 6 heteroatoms. The summed E-state index contributed by atoms with van der Waals surface area (Å²) in [4.78, 5) is 0. The van der Waals surface area contributed by atoms with Gasteiger partial charge in [-0.3, -0.25) is 0 Å². The minimum absolute atomic E-state index is 0.0281. The Morgan fingerprint density at radius 3 is 2.80 bits per heavy atom. The molecule has 1 saturated heterocycles. The third kappa shape index (κ3) is 3.79. The number of hydrogen-bond donors (Lipinski definition) is 1. The first-order chi connectivity index (χ1) is 9.55. The highest BCUT2D eigenvalue weighted by molar-refractivity contribution is 7.88. The number of rotatable bonds is 6. The molecule has 0 aromatic heterocycles. The topological polar surface area (TPSA) is 58.6 Å². The zero-order valence-corrected chi connectivity index (χ0v) is 12.8. The van der Waals surface area contributed by atoms with Crippen molar-refractivity contribution in [3.63, 3.8) is 0 Å². The normalized spacial score (nSPS) is 20.4. The summed E-state index contributed by atoms with van der Waals surface area (Å²) >= 11 is 0. The van der Waals surface area contributed by atoms with Gasteiger partial charge in [-0.2, -0.15) is 4.31 Å². The van der Waals surface area contributed by atoms with Gasteiger partial charge in [0.1, 0.15) is 0 Å². The molecule has 1 fully saturated rings. The second-order valence-electron chi connectivity index (χ2n) is 5.11. The van der Waals surface area contributed by atoms with E-state index < -0.39 is 10.0 Å². The van der Waals surface area contributed by atoms with E-state index in [4.69, 9.17) is 4.74 Å². The molecule has 112 valence electrons. The Balaban J connectivity index is 2.06. The van der Waals surface area contributed by atoms with E-state index in [0.29, 0.717) is 13.1 Å². The van der Waals surface area contributed by atoms with Crippen molar-refractivity contribution in [2.24, 2.45) is 0 Å². The molecule has 1 aromatic carbocycles. The molecule has 0 spiro atoms. The predicted molar refractivity (Wildman–Crippen MR) is 78.8 cm³/mol. The van der Waals surface area contributed by atoms with Crippen molar-refractivity contribution in [3.8, 4) is 0 Å². The van der Waals surface area contributed by atoms with E-state index in [1.165, 1.54) is 4.31 Å². The van der Waals surface area contributed by atoms with Gasteiger partial charge in [0.15, 0.2) is 0 Å². The number of nitrogens with zero attached hydrogens (tertiary/aromatic N) is 1. The third-order valence-corrected chi connectivity index (χ3v) is 5.37. The van der Waals surface area contributed by atoms with Crippen molar-refractivity contribution in [2.45, 2.75) is 24.8 Å². The fourth-order valence-electron chi connectivity index (χ4n) is 2.48. The molecule has 1 atom stereocenters. The third-order valence-electron chi connectivity index (χ3n) is 3.56. The number of methoxy groups -OCH3 is 1. The summed E-state index contributed by atoms with van der Waals surface area (Å²) in [6.45, 7) is 1.76. The van der Waals surface area contributed by atoms with Crippen molar-refractivity contribution in [3.05, 3.63) is 35.4 Å². The molecule has 20 heavy (non-hydrogen) atoms. The molecule has 1 aromatic rings. The van der Waals surface area contributed by atoms with Gasteiger partial charge in [-0.25, -0.2) is 8.42 Å². The summed E-state index contributed by atoms with van der Waals surface area (Å²) < 4.78 is 31.5. The van der Waals surface area contributed by atoms with Crippen LogP contribution in [0.15, 0.2) is 24.3 Å². The number of sulfonamides is 1. The van der Waals surface area contributed by atoms with Gasteiger partial charge >= 0.3 is 0 Å². The highest BCUT2D eigenvalue weighted by Gasteiger charge is 2.31. The standard InChI is InChI=1S/C14H22N2O3S/c1-15-9-12-4-3-5-13(8-12)11-20(17,18)16-7-6-14(10-16)19-2/h3-5,8,14-15H,6-7,9-11H2,1-2H3. The first-order valence-electron chi connectivity index (χ1n) is 6.78. The Morgan fingerprint density at radius 1 is 1.40 bits per heavy atom. The largest absolute Gasteiger partial charge is 0.380 e. The average Bonchev–Trinajstić information content (AvgIpc) is 2.88. The molecule has 0 bridgehead atoms. The van der Waals surface area contributed by atoms with Gasteiger partial charge in [0.2, 0.25) is 10.0 Å². The molecule has 1 N–H and O–H groups in total. The Labute approximate surface area is 121 Å². The van der Waals surface area contributed by atoms with Gasteiger partial charge in [-0.1, -0.05) is 24.3 Å². The molecule has 1 aliphatic heterocycles. The van der Waals surface area contributed by atoms with E-state index in [9.17, 15) is 8.42 Å². The monoisotopic (exact) mass is 298 g/mol. The first-order valence-corrected chi connectivity index (χ1v) is 8.39. The second-order valence-corrected chi connectivity index (χ2v) is 7.08. The molecular formula is C14H22N2O3S. The van der Waals surface area contributed by atoms with Gasteiger partial charge in [-0.15, -0.1) is 0 Å². The van der Waals surface area contributed by atoms with E-state index in [2.05, 4.69) is 5.32 Å². The minimum atomic E-state index is -3.25. The van der Waals surface area contributed by atoms with Gasteiger partial charge in [-0.05, 0) is 24.6 Å². The Morgan fingerprint density at radius 2 is 2.15 bits per heavy atom. The van der Waals surface area contributed by atoms with Gasteiger partial charge < -0.3 is 10.1 Å². The van der Waals surface area contributed by atoms with Gasteiger partial charge in [0.25, 0.3) is 0 Å². The molecule has 0 radical (unpaired) electrons. The highest BCUT2D eigenvalue weighted by atomic mass is 32.2. The van der Waals surface area contributed by atoms with Crippen molar-refractivity contribution >= 4 is 10.0 Å². The van der Waals surface area contributed by atoms with Crippen LogP contribution in [0.1, 0.15) is 17.5 Å². The lowest BCUT2D eigenvalue weighted by atomic mass is 10.1. The molecular weight excluding hydrogens is 276 g/mol. The summed E-state index contributed by atoms with van der Waals surface area (Å²) in [6.07, 6.45) is 0.801. The molecule has 0 amide bonds. The maximum absolute atomic E-state index is 12.4. The molecule has 0 saturated carbocycles. The van der Waals surface area contributed by atoms with E-state index in [1.807, 2.05) is 31.3 Å². The van der Waals surface area contributed by atoms with Crippen molar-refractivity contribution in [1.29, 1.82) is 0 Å². The number of ether oxygens (including phenoxy) is 1. The summed E-state index contributed by atoms with van der Waals surface area (Å²) in [5, 5.41) is 3.07. The zero-order chi connectivity index (χ0) is 14.6. The number of nitrogens with one attached hydrogen (secondary N) is 1. The molecule has 1 unspecified atom stereocenters. The molecule has 1 aliphatic rings. The minimum Gasteiger partial charge on any atom is -0.380 e. The molecule has 5 nitrogen and oxygen atoms in total. The number of hydrogen-bond acceptors (Lipinski definition) is 4. The predicted octanol–water partition coefficient (Wildman–Crippen LogP) is 0.956. The lowest BCUT2D eigenvalue weighted by Gasteiger charge is -2.16. The van der Waals surface area contributed by atoms with Crippen LogP contribution in [-0.2, 0) is 27.1 Å². The lowest BCUT2D eigenvalue weighted by molar-refractivity contribution is 0.115. The van der Waals surface area contributed by atoms with Crippen molar-refractivity contribution in [2.75, 3.05) is 27.2 Å². The van der Waals surface area contributed by atoms with Gasteiger partial charge in [0.05, 0.1) is 11.9 Å². The van der Waals surface area contributed by atoms with Crippen LogP contribution in [0.5, 0.6) is 0 Å². The molecule has 1 heterocycles. The Hall–Kier alpha value is -0.950. The Bertz CT molecular complexity index is 545. The van der Waals surface area contributed by atoms with Crippen LogP contribution in [0.2, 0.25) is 0 Å². The van der Waals surface area contributed by atoms with E-state index in [-0.39, 0.29) is 11.9 Å². The fraction of sp³-hybridized carbons (Fsp3) is 0.571. The second kappa shape index (κ2) is 6.67. The van der Waals surface area contributed by atoms with E-state index in [0.717, 1.165) is 24.1 Å². The van der Waals surface area contributed by atoms with Crippen LogP contribution in [0, 0.1) is 0 Å². The summed E-state index contributed by atoms with van der Waals surface area (Å²) in [5.74, 6) is 0.0565. The van der Waals surface area contributed by atoms with Crippen LogP contribution >= 0.6 is 0 Å². The van der Waals surface area contributed by atoms with Crippen LogP contribution in [0.3, 0.4) is 0 Å². The first kappa shape index (κ1) is 15.4. The van der Waals surface area contributed by atoms with Crippen LogP contribution < -0.4 is 5.32 Å². The Kier molecular flexibility index (Phi) is 5.15. The number of benzene rings is 1. The highest BCUT2D eigenvalue weighted by Crippen LogP contribution is 2.19. The van der Waals surface area contributed by atoms with Crippen LogP contribution in [0.4, 0.5) is 0 Å². The van der Waals surface area contributed by atoms with Crippen LogP contribution in [0.25, 0.3) is 0 Å². The maximum atomic E-state index is 12.4. The average molecular weight is 298 g/mol. The zero-order valence-electron chi connectivity index (χ0n) is 12.0. The van der Waals surface area contributed by atoms with Crippen molar-refractivity contribution in [1.82, 2.24) is 9.62 Å². The maximum Gasteiger partial charge on any atom is 0.218 e. The summed E-state index contributed by atoms with van der Waals surface area (Å²) in [5.41, 5.74) is 1.93. The summed E-state index contributed by atoms with van der Waals surface area (Å²) in [6, 6.07) is 7.70. The smallest absolute Gasteiger partial charge is 0.218 e. The van der Waals surface area contributed by atoms with Gasteiger partial charge in [0, 0.05) is 26.7 Å². The molecule has 2 rings (SSSR count). The van der Waals surface area contributed by atoms with E-state index in [1.54, 1.807) is 7.11 Å².